The average Bonchev–Trinajstić information content (AvgIpc) is 2.36. The summed E-state index contributed by atoms with van der Waals surface area (Å²) >= 11 is 1.40. The van der Waals surface area contributed by atoms with Gasteiger partial charge in [-0.25, -0.2) is 15.0 Å². The molecule has 100 valence electrons. The quantitative estimate of drug-likeness (QED) is 0.638. The summed E-state index contributed by atoms with van der Waals surface area (Å²) in [5.41, 5.74) is 0.757. The molecule has 0 saturated heterocycles. The summed E-state index contributed by atoms with van der Waals surface area (Å²) in [7, 11) is 0. The highest BCUT2D eigenvalue weighted by atomic mass is 32.2. The van der Waals surface area contributed by atoms with Gasteiger partial charge in [0.05, 0.1) is 5.75 Å². The minimum atomic E-state index is -0.156. The second-order valence-corrected chi connectivity index (χ2v) is 4.83. The Balaban J connectivity index is 2.08. The highest BCUT2D eigenvalue weighted by Gasteiger charge is 2.04. The molecule has 0 atom stereocenters. The normalized spacial score (nSPS) is 10.4. The molecule has 2 N–H and O–H groups in total. The molecule has 2 rings (SSSR count). The summed E-state index contributed by atoms with van der Waals surface area (Å²) in [5.74, 6) is 2.10. The van der Waals surface area contributed by atoms with Crippen LogP contribution in [0.25, 0.3) is 0 Å². The van der Waals surface area contributed by atoms with Crippen molar-refractivity contribution < 1.29 is 0 Å². The topological polar surface area (TPSA) is 83.6 Å². The molecular formula is C12H15N5OS. The highest BCUT2D eigenvalue weighted by Crippen LogP contribution is 2.17. The first-order valence-electron chi connectivity index (χ1n) is 5.94. The number of anilines is 1. The van der Waals surface area contributed by atoms with E-state index in [1.165, 1.54) is 24.0 Å². The fourth-order valence-electron chi connectivity index (χ4n) is 1.52. The third kappa shape index (κ3) is 4.06. The Morgan fingerprint density at radius 1 is 1.42 bits per heavy atom. The van der Waals surface area contributed by atoms with Crippen molar-refractivity contribution in [3.05, 3.63) is 40.2 Å². The molecule has 0 aliphatic carbocycles. The van der Waals surface area contributed by atoms with Crippen molar-refractivity contribution in [1.82, 2.24) is 19.9 Å². The monoisotopic (exact) mass is 277 g/mol. The first-order chi connectivity index (χ1) is 9.17. The number of aryl methyl sites for hydroxylation is 1. The molecule has 2 aromatic heterocycles. The van der Waals surface area contributed by atoms with Gasteiger partial charge in [-0.05, 0) is 13.8 Å². The molecule has 0 saturated carbocycles. The molecule has 6 nitrogen and oxygen atoms in total. The average molecular weight is 277 g/mol. The zero-order valence-electron chi connectivity index (χ0n) is 10.8. The Bertz CT molecular complexity index is 613. The predicted molar refractivity (Wildman–Crippen MR) is 75.4 cm³/mol. The van der Waals surface area contributed by atoms with Gasteiger partial charge in [-0.2, -0.15) is 0 Å². The van der Waals surface area contributed by atoms with Gasteiger partial charge in [0, 0.05) is 30.6 Å². The van der Waals surface area contributed by atoms with E-state index in [0.717, 1.165) is 18.1 Å². The minimum absolute atomic E-state index is 0.156. The number of thioether (sulfide) groups is 1. The molecule has 0 spiro atoms. The van der Waals surface area contributed by atoms with Crippen LogP contribution >= 0.6 is 11.8 Å². The maximum absolute atomic E-state index is 11.1. The number of H-pyrrole nitrogens is 1. The molecule has 7 heteroatoms. The lowest BCUT2D eigenvalue weighted by Crippen LogP contribution is -2.06. The number of aromatic nitrogens is 4. The number of rotatable bonds is 5. The molecule has 0 aliphatic heterocycles. The molecule has 0 fully saturated rings. The van der Waals surface area contributed by atoms with Gasteiger partial charge < -0.3 is 10.3 Å². The molecule has 0 aromatic carbocycles. The van der Waals surface area contributed by atoms with Crippen molar-refractivity contribution in [3.63, 3.8) is 0 Å². The Labute approximate surface area is 115 Å². The fraction of sp³-hybridized carbons (Fsp3) is 0.333. The van der Waals surface area contributed by atoms with E-state index in [9.17, 15) is 4.79 Å². The third-order valence-corrected chi connectivity index (χ3v) is 3.13. The SMILES string of the molecule is CCNc1cc(C)nc(CSc2nccc(=O)[nH]2)n1. The summed E-state index contributed by atoms with van der Waals surface area (Å²) < 4.78 is 0. The number of nitrogens with zero attached hydrogens (tertiary/aromatic N) is 3. The Hall–Kier alpha value is -1.89. The second-order valence-electron chi connectivity index (χ2n) is 3.87. The van der Waals surface area contributed by atoms with Gasteiger partial charge in [0.15, 0.2) is 5.16 Å². The van der Waals surface area contributed by atoms with Gasteiger partial charge in [-0.1, -0.05) is 11.8 Å². The summed E-state index contributed by atoms with van der Waals surface area (Å²) in [5, 5.41) is 3.73. The standard InChI is InChI=1S/C12H15N5OS/c1-3-13-9-6-8(2)15-10(16-9)7-19-12-14-5-4-11(18)17-12/h4-6H,3,7H2,1-2H3,(H,13,15,16)(H,14,17,18). The van der Waals surface area contributed by atoms with Crippen LogP contribution in [-0.4, -0.2) is 26.5 Å². The molecule has 2 heterocycles. The van der Waals surface area contributed by atoms with E-state index in [0.29, 0.717) is 16.7 Å². The van der Waals surface area contributed by atoms with Crippen molar-refractivity contribution in [3.8, 4) is 0 Å². The molecule has 0 radical (unpaired) electrons. The molecule has 2 aromatic rings. The predicted octanol–water partition coefficient (Wildman–Crippen LogP) is 1.59. The van der Waals surface area contributed by atoms with Crippen molar-refractivity contribution in [2.45, 2.75) is 24.8 Å². The largest absolute Gasteiger partial charge is 0.370 e. The van der Waals surface area contributed by atoms with Crippen LogP contribution in [0.1, 0.15) is 18.4 Å². The van der Waals surface area contributed by atoms with E-state index in [1.807, 2.05) is 19.9 Å². The summed E-state index contributed by atoms with van der Waals surface area (Å²) in [6.07, 6.45) is 1.49. The molecule has 0 bridgehead atoms. The van der Waals surface area contributed by atoms with Gasteiger partial charge in [0.1, 0.15) is 11.6 Å². The van der Waals surface area contributed by atoms with Gasteiger partial charge in [0.2, 0.25) is 0 Å². The van der Waals surface area contributed by atoms with Crippen LogP contribution in [0.15, 0.2) is 28.3 Å². The van der Waals surface area contributed by atoms with Crippen LogP contribution in [0.4, 0.5) is 5.82 Å². The van der Waals surface area contributed by atoms with Crippen LogP contribution < -0.4 is 10.9 Å². The van der Waals surface area contributed by atoms with Crippen molar-refractivity contribution in [2.24, 2.45) is 0 Å². The van der Waals surface area contributed by atoms with Crippen molar-refractivity contribution in [2.75, 3.05) is 11.9 Å². The summed E-state index contributed by atoms with van der Waals surface area (Å²) in [4.78, 5) is 26.6. The maximum Gasteiger partial charge on any atom is 0.251 e. The lowest BCUT2D eigenvalue weighted by atomic mass is 10.4. The van der Waals surface area contributed by atoms with Crippen LogP contribution in [0, 0.1) is 6.92 Å². The number of nitrogens with one attached hydrogen (secondary N) is 2. The number of hydrogen-bond acceptors (Lipinski definition) is 6. The second kappa shape index (κ2) is 6.33. The lowest BCUT2D eigenvalue weighted by molar-refractivity contribution is 0.928. The van der Waals surface area contributed by atoms with E-state index in [1.54, 1.807) is 0 Å². The zero-order chi connectivity index (χ0) is 13.7. The molecule has 0 aliphatic rings. The first-order valence-corrected chi connectivity index (χ1v) is 6.92. The molecule has 19 heavy (non-hydrogen) atoms. The van der Waals surface area contributed by atoms with Gasteiger partial charge in [0.25, 0.3) is 5.56 Å². The summed E-state index contributed by atoms with van der Waals surface area (Å²) in [6.45, 7) is 4.76. The Morgan fingerprint density at radius 2 is 2.26 bits per heavy atom. The van der Waals surface area contributed by atoms with Crippen LogP contribution in [0.3, 0.4) is 0 Å². The highest BCUT2D eigenvalue weighted by molar-refractivity contribution is 7.98. The van der Waals surface area contributed by atoms with E-state index < -0.39 is 0 Å². The lowest BCUT2D eigenvalue weighted by Gasteiger charge is -2.06. The van der Waals surface area contributed by atoms with Crippen molar-refractivity contribution in [1.29, 1.82) is 0 Å². The maximum atomic E-state index is 11.1. The molecular weight excluding hydrogens is 262 g/mol. The Kier molecular flexibility index (Phi) is 4.51. The molecule has 0 amide bonds. The minimum Gasteiger partial charge on any atom is -0.370 e. The zero-order valence-corrected chi connectivity index (χ0v) is 11.6. The third-order valence-electron chi connectivity index (χ3n) is 2.24. The van der Waals surface area contributed by atoms with E-state index in [2.05, 4.69) is 25.3 Å². The molecule has 0 unspecified atom stereocenters. The summed E-state index contributed by atoms with van der Waals surface area (Å²) in [6, 6.07) is 3.29. The van der Waals surface area contributed by atoms with Crippen LogP contribution in [0.5, 0.6) is 0 Å². The first kappa shape index (κ1) is 13.5. The Morgan fingerprint density at radius 3 is 3.00 bits per heavy atom. The number of hydrogen-bond donors (Lipinski definition) is 2. The van der Waals surface area contributed by atoms with E-state index in [4.69, 9.17) is 0 Å². The van der Waals surface area contributed by atoms with E-state index >= 15 is 0 Å². The van der Waals surface area contributed by atoms with Crippen LogP contribution in [-0.2, 0) is 5.75 Å². The van der Waals surface area contributed by atoms with Gasteiger partial charge in [-0.3, -0.25) is 4.79 Å². The smallest absolute Gasteiger partial charge is 0.251 e. The van der Waals surface area contributed by atoms with Gasteiger partial charge in [-0.15, -0.1) is 0 Å². The van der Waals surface area contributed by atoms with Crippen LogP contribution in [0.2, 0.25) is 0 Å². The van der Waals surface area contributed by atoms with E-state index in [-0.39, 0.29) is 5.56 Å². The van der Waals surface area contributed by atoms with Gasteiger partial charge >= 0.3 is 0 Å². The number of aromatic amines is 1. The van der Waals surface area contributed by atoms with Crippen molar-refractivity contribution >= 4 is 17.6 Å². The fourth-order valence-corrected chi connectivity index (χ4v) is 2.23.